The molecule has 1 atom stereocenters. The summed E-state index contributed by atoms with van der Waals surface area (Å²) in [6.07, 6.45) is 0.976. The Morgan fingerprint density at radius 3 is 2.55 bits per heavy atom. The molecule has 1 fully saturated rings. The minimum Gasteiger partial charge on any atom is -0.480 e. The zero-order valence-corrected chi connectivity index (χ0v) is 12.0. The van der Waals surface area contributed by atoms with Crippen molar-refractivity contribution in [1.29, 1.82) is 0 Å². The molecule has 1 saturated heterocycles. The Labute approximate surface area is 123 Å². The van der Waals surface area contributed by atoms with Crippen molar-refractivity contribution in [2.45, 2.75) is 18.9 Å². The lowest BCUT2D eigenvalue weighted by Crippen LogP contribution is -2.46. The molecule has 1 aromatic rings. The van der Waals surface area contributed by atoms with Gasteiger partial charge in [-0.05, 0) is 37.1 Å². The molecule has 7 nitrogen and oxygen atoms in total. The van der Waals surface area contributed by atoms with E-state index in [0.717, 1.165) is 9.37 Å². The highest BCUT2D eigenvalue weighted by molar-refractivity contribution is 9.10. The molecule has 0 radical (unpaired) electrons. The van der Waals surface area contributed by atoms with Crippen molar-refractivity contribution in [3.8, 4) is 0 Å². The van der Waals surface area contributed by atoms with Gasteiger partial charge in [0, 0.05) is 11.0 Å². The fourth-order valence-corrected chi connectivity index (χ4v) is 2.41. The van der Waals surface area contributed by atoms with Gasteiger partial charge in [-0.25, -0.2) is 9.59 Å². The highest BCUT2D eigenvalue weighted by Crippen LogP contribution is 2.24. The summed E-state index contributed by atoms with van der Waals surface area (Å²) in [5.74, 6) is -1.07. The van der Waals surface area contributed by atoms with Crippen LogP contribution >= 0.6 is 15.9 Å². The third-order valence-electron chi connectivity index (χ3n) is 3.12. The Morgan fingerprint density at radius 1 is 1.35 bits per heavy atom. The first-order chi connectivity index (χ1) is 9.54. The maximum absolute atomic E-state index is 12.3. The van der Waals surface area contributed by atoms with Crippen LogP contribution in [0.4, 0.5) is 10.5 Å². The number of amides is 2. The van der Waals surface area contributed by atoms with Gasteiger partial charge in [-0.3, -0.25) is 0 Å². The van der Waals surface area contributed by atoms with E-state index < -0.39 is 18.0 Å². The first kappa shape index (κ1) is 14.4. The van der Waals surface area contributed by atoms with Crippen molar-refractivity contribution in [3.63, 3.8) is 0 Å². The first-order valence-electron chi connectivity index (χ1n) is 5.97. The van der Waals surface area contributed by atoms with Crippen molar-refractivity contribution < 1.29 is 14.7 Å². The van der Waals surface area contributed by atoms with Crippen molar-refractivity contribution in [2.75, 3.05) is 11.6 Å². The van der Waals surface area contributed by atoms with Gasteiger partial charge in [0.05, 0.1) is 11.0 Å². The summed E-state index contributed by atoms with van der Waals surface area (Å²) in [5, 5.41) is 12.5. The number of carboxylic acid groups (broad SMARTS) is 1. The normalized spacial score (nSPS) is 17.9. The van der Waals surface area contributed by atoms with E-state index in [1.807, 2.05) is 0 Å². The Hall–Kier alpha value is -1.96. The van der Waals surface area contributed by atoms with Crippen LogP contribution in [0, 0.1) is 4.91 Å². The number of nitrogens with zero attached hydrogens (tertiary/aromatic N) is 3. The van der Waals surface area contributed by atoms with E-state index in [-0.39, 0.29) is 0 Å². The van der Waals surface area contributed by atoms with Gasteiger partial charge in [-0.15, -0.1) is 9.92 Å². The van der Waals surface area contributed by atoms with Crippen LogP contribution in [-0.4, -0.2) is 34.6 Å². The number of benzene rings is 1. The van der Waals surface area contributed by atoms with E-state index in [4.69, 9.17) is 5.11 Å². The van der Waals surface area contributed by atoms with Crippen molar-refractivity contribution in [2.24, 2.45) is 5.29 Å². The van der Waals surface area contributed by atoms with Gasteiger partial charge in [-0.2, -0.15) is 0 Å². The van der Waals surface area contributed by atoms with Crippen LogP contribution in [0.2, 0.25) is 0 Å². The molecule has 0 aromatic heterocycles. The second-order valence-electron chi connectivity index (χ2n) is 4.34. The number of carboxylic acids is 1. The van der Waals surface area contributed by atoms with E-state index in [9.17, 15) is 14.5 Å². The summed E-state index contributed by atoms with van der Waals surface area (Å²) in [7, 11) is 0. The van der Waals surface area contributed by atoms with Gasteiger partial charge in [0.25, 0.3) is 0 Å². The lowest BCUT2D eigenvalue weighted by atomic mass is 10.2. The van der Waals surface area contributed by atoms with Gasteiger partial charge in [-0.1, -0.05) is 15.9 Å². The van der Waals surface area contributed by atoms with Gasteiger partial charge in [0.2, 0.25) is 0 Å². The van der Waals surface area contributed by atoms with Crippen molar-refractivity contribution in [1.82, 2.24) is 4.90 Å². The average Bonchev–Trinajstić information content (AvgIpc) is 2.91. The Bertz CT molecular complexity index is 534. The van der Waals surface area contributed by atoms with E-state index in [2.05, 4.69) is 21.2 Å². The fourth-order valence-electron chi connectivity index (χ4n) is 2.15. The average molecular weight is 342 g/mol. The van der Waals surface area contributed by atoms with E-state index in [1.54, 1.807) is 24.3 Å². The number of hydrogen-bond donors (Lipinski definition) is 1. The lowest BCUT2D eigenvalue weighted by molar-refractivity contribution is -0.141. The first-order valence-corrected chi connectivity index (χ1v) is 6.76. The maximum atomic E-state index is 12.3. The zero-order chi connectivity index (χ0) is 14.7. The van der Waals surface area contributed by atoms with E-state index >= 15 is 0 Å². The van der Waals surface area contributed by atoms with Crippen LogP contribution < -0.4 is 5.01 Å². The Kier molecular flexibility index (Phi) is 4.33. The van der Waals surface area contributed by atoms with Gasteiger partial charge >= 0.3 is 12.0 Å². The number of likely N-dealkylation sites (tertiary alicyclic amines) is 1. The molecule has 106 valence electrons. The summed E-state index contributed by atoms with van der Waals surface area (Å²) >= 11 is 3.25. The molecule has 2 amide bonds. The number of aliphatic carboxylic acids is 1. The molecule has 1 heterocycles. The highest BCUT2D eigenvalue weighted by Gasteiger charge is 2.37. The molecule has 1 aliphatic rings. The fraction of sp³-hybridized carbons (Fsp3) is 0.333. The smallest absolute Gasteiger partial charge is 0.348 e. The molecule has 8 heteroatoms. The third-order valence-corrected chi connectivity index (χ3v) is 3.65. The van der Waals surface area contributed by atoms with Gasteiger partial charge in [0.15, 0.2) is 0 Å². The Balaban J connectivity index is 2.23. The molecule has 1 unspecified atom stereocenters. The monoisotopic (exact) mass is 341 g/mol. The molecule has 1 N–H and O–H groups in total. The number of carbonyl (C=O) groups is 2. The van der Waals surface area contributed by atoms with Crippen LogP contribution in [0.1, 0.15) is 12.8 Å². The topological polar surface area (TPSA) is 90.3 Å². The zero-order valence-electron chi connectivity index (χ0n) is 10.4. The highest BCUT2D eigenvalue weighted by atomic mass is 79.9. The SMILES string of the molecule is O=NN(C(=O)N1CCCC1C(=O)O)c1ccc(Br)cc1. The molecule has 1 aliphatic heterocycles. The van der Waals surface area contributed by atoms with Gasteiger partial charge in [0.1, 0.15) is 6.04 Å². The lowest BCUT2D eigenvalue weighted by Gasteiger charge is -2.25. The van der Waals surface area contributed by atoms with E-state index in [1.165, 1.54) is 0 Å². The molecular weight excluding hydrogens is 330 g/mol. The maximum Gasteiger partial charge on any atom is 0.348 e. The number of halogens is 1. The van der Waals surface area contributed by atoms with Crippen molar-refractivity contribution in [3.05, 3.63) is 33.6 Å². The largest absolute Gasteiger partial charge is 0.480 e. The number of urea groups is 1. The predicted molar refractivity (Wildman–Crippen MR) is 75.2 cm³/mol. The second-order valence-corrected chi connectivity index (χ2v) is 5.26. The molecule has 0 saturated carbocycles. The second kappa shape index (κ2) is 6.00. The van der Waals surface area contributed by atoms with Crippen LogP contribution in [-0.2, 0) is 4.79 Å². The van der Waals surface area contributed by atoms with Crippen LogP contribution in [0.5, 0.6) is 0 Å². The summed E-state index contributed by atoms with van der Waals surface area (Å²) in [6.45, 7) is 0.304. The number of nitroso groups, excluding NO2 is 1. The van der Waals surface area contributed by atoms with Crippen LogP contribution in [0.25, 0.3) is 0 Å². The number of rotatable bonds is 3. The summed E-state index contributed by atoms with van der Waals surface area (Å²) in [5.41, 5.74) is 0.296. The summed E-state index contributed by atoms with van der Waals surface area (Å²) < 4.78 is 0.795. The Morgan fingerprint density at radius 2 is 2.00 bits per heavy atom. The number of hydrogen-bond acceptors (Lipinski definition) is 4. The molecule has 0 spiro atoms. The minimum atomic E-state index is -1.07. The van der Waals surface area contributed by atoms with E-state index in [0.29, 0.717) is 30.1 Å². The molecule has 1 aromatic carbocycles. The molecule has 20 heavy (non-hydrogen) atoms. The molecule has 0 bridgehead atoms. The van der Waals surface area contributed by atoms with Crippen LogP contribution in [0.3, 0.4) is 0 Å². The molecular formula is C12H12BrN3O4. The quantitative estimate of drug-likeness (QED) is 0.675. The summed E-state index contributed by atoms with van der Waals surface area (Å²) in [6, 6.07) is 4.82. The predicted octanol–water partition coefficient (Wildman–Crippen LogP) is 2.61. The summed E-state index contributed by atoms with van der Waals surface area (Å²) in [4.78, 5) is 35.4. The number of anilines is 1. The number of carbonyl (C=O) groups excluding carboxylic acids is 1. The molecule has 0 aliphatic carbocycles. The van der Waals surface area contributed by atoms with Gasteiger partial charge < -0.3 is 10.0 Å². The standard InChI is InChI=1S/C12H12BrN3O4/c13-8-3-5-9(6-4-8)16(14-20)12(19)15-7-1-2-10(15)11(17)18/h3-6,10H,1-2,7H2,(H,17,18). The third kappa shape index (κ3) is 2.79. The minimum absolute atomic E-state index is 0.296. The van der Waals surface area contributed by atoms with Crippen LogP contribution in [0.15, 0.2) is 34.0 Å². The van der Waals surface area contributed by atoms with Crippen molar-refractivity contribution >= 4 is 33.6 Å². The molecule has 2 rings (SSSR count).